The monoisotopic (exact) mass is 348 g/mol. The van der Waals surface area contributed by atoms with Crippen molar-refractivity contribution in [2.75, 3.05) is 4.90 Å². The minimum atomic E-state index is -0.647. The predicted molar refractivity (Wildman–Crippen MR) is 88.0 cm³/mol. The zero-order chi connectivity index (χ0) is 15.4. The van der Waals surface area contributed by atoms with Gasteiger partial charge in [-0.25, -0.2) is 4.79 Å². The lowest BCUT2D eigenvalue weighted by molar-refractivity contribution is 0.256. The van der Waals surface area contributed by atoms with Gasteiger partial charge in [-0.2, -0.15) is 0 Å². The second kappa shape index (κ2) is 6.63. The normalized spacial score (nSPS) is 10.4. The smallest absolute Gasteiger partial charge is 0.324 e. The fraction of sp³-hybridized carbons (Fsp3) is 0.188. The first-order valence-corrected chi connectivity index (χ1v) is 7.50. The van der Waals surface area contributed by atoms with E-state index < -0.39 is 6.03 Å². The van der Waals surface area contributed by atoms with Crippen LogP contribution in [0, 0.1) is 0 Å². The molecule has 0 aliphatic rings. The van der Waals surface area contributed by atoms with E-state index in [1.54, 1.807) is 12.1 Å². The van der Waals surface area contributed by atoms with Gasteiger partial charge in [-0.05, 0) is 46.1 Å². The number of aromatic hydroxyl groups is 1. The number of rotatable bonds is 4. The van der Waals surface area contributed by atoms with Crippen LogP contribution in [0.2, 0.25) is 0 Å². The average molecular weight is 349 g/mol. The highest BCUT2D eigenvalue weighted by Gasteiger charge is 2.21. The quantitative estimate of drug-likeness (QED) is 0.863. The molecule has 0 aromatic heterocycles. The second-order valence-electron chi connectivity index (χ2n) is 4.66. The van der Waals surface area contributed by atoms with Crippen molar-refractivity contribution in [1.29, 1.82) is 0 Å². The Bertz CT molecular complexity index is 658. The van der Waals surface area contributed by atoms with Gasteiger partial charge in [0, 0.05) is 4.47 Å². The fourth-order valence-electron chi connectivity index (χ4n) is 2.23. The van der Waals surface area contributed by atoms with Gasteiger partial charge in [0.25, 0.3) is 0 Å². The zero-order valence-electron chi connectivity index (χ0n) is 11.7. The van der Waals surface area contributed by atoms with E-state index in [0.717, 1.165) is 22.9 Å². The summed E-state index contributed by atoms with van der Waals surface area (Å²) in [5, 5.41) is 10.4. The first kappa shape index (κ1) is 15.4. The second-order valence-corrected chi connectivity index (χ2v) is 5.51. The molecule has 0 radical (unpaired) electrons. The summed E-state index contributed by atoms with van der Waals surface area (Å²) in [5.41, 5.74) is 7.30. The maximum Gasteiger partial charge on any atom is 0.324 e. The van der Waals surface area contributed by atoms with E-state index in [4.69, 9.17) is 5.73 Å². The minimum absolute atomic E-state index is 0.0916. The molecule has 0 spiro atoms. The van der Waals surface area contributed by atoms with Crippen LogP contribution in [0.3, 0.4) is 0 Å². The van der Waals surface area contributed by atoms with Crippen LogP contribution in [0.1, 0.15) is 18.9 Å². The van der Waals surface area contributed by atoms with E-state index in [0.29, 0.717) is 11.4 Å². The highest BCUT2D eigenvalue weighted by Crippen LogP contribution is 2.38. The third kappa shape index (κ3) is 3.19. The Hall–Kier alpha value is -2.01. The molecule has 0 heterocycles. The Labute approximate surface area is 132 Å². The number of hydrogen-bond acceptors (Lipinski definition) is 2. The van der Waals surface area contributed by atoms with Crippen molar-refractivity contribution in [1.82, 2.24) is 0 Å². The first-order valence-electron chi connectivity index (χ1n) is 6.71. The Balaban J connectivity index is 2.57. The molecule has 0 atom stereocenters. The highest BCUT2D eigenvalue weighted by molar-refractivity contribution is 9.10. The van der Waals surface area contributed by atoms with Crippen LogP contribution in [0.15, 0.2) is 46.9 Å². The number of phenolic OH excluding ortho intramolecular Hbond substituents is 1. The summed E-state index contributed by atoms with van der Waals surface area (Å²) >= 11 is 3.41. The van der Waals surface area contributed by atoms with Gasteiger partial charge in [-0.3, -0.25) is 4.90 Å². The van der Waals surface area contributed by atoms with Gasteiger partial charge in [0.1, 0.15) is 5.75 Å². The van der Waals surface area contributed by atoms with Gasteiger partial charge < -0.3 is 10.8 Å². The molecule has 2 aromatic rings. The van der Waals surface area contributed by atoms with Crippen LogP contribution >= 0.6 is 15.9 Å². The molecule has 0 unspecified atom stereocenters. The molecule has 110 valence electrons. The topological polar surface area (TPSA) is 66.6 Å². The molecule has 2 rings (SSSR count). The predicted octanol–water partition coefficient (Wildman–Crippen LogP) is 4.32. The number of aryl methyl sites for hydroxylation is 1. The lowest BCUT2D eigenvalue weighted by Crippen LogP contribution is -2.31. The van der Waals surface area contributed by atoms with Crippen LogP contribution in [0.25, 0.3) is 0 Å². The van der Waals surface area contributed by atoms with E-state index >= 15 is 0 Å². The van der Waals surface area contributed by atoms with Gasteiger partial charge in [0.05, 0.1) is 11.4 Å². The molecule has 0 saturated carbocycles. The number of para-hydroxylation sites is 2. The number of halogens is 1. The lowest BCUT2D eigenvalue weighted by atomic mass is 10.1. The highest BCUT2D eigenvalue weighted by atomic mass is 79.9. The Morgan fingerprint density at radius 2 is 1.86 bits per heavy atom. The average Bonchev–Trinajstić information content (AvgIpc) is 2.45. The van der Waals surface area contributed by atoms with Crippen molar-refractivity contribution in [3.05, 3.63) is 52.5 Å². The van der Waals surface area contributed by atoms with Crippen LogP contribution in [-0.4, -0.2) is 11.1 Å². The van der Waals surface area contributed by atoms with Crippen LogP contribution < -0.4 is 10.6 Å². The molecular weight excluding hydrogens is 332 g/mol. The van der Waals surface area contributed by atoms with E-state index in [1.807, 2.05) is 37.3 Å². The number of primary amides is 1. The lowest BCUT2D eigenvalue weighted by Gasteiger charge is -2.23. The number of nitrogens with two attached hydrogens (primary N) is 1. The molecule has 0 bridgehead atoms. The number of carbonyl (C=O) groups excluding carboxylic acids is 1. The summed E-state index contributed by atoms with van der Waals surface area (Å²) < 4.78 is 0.726. The summed E-state index contributed by atoms with van der Waals surface area (Å²) in [7, 11) is 0. The molecule has 0 aliphatic carbocycles. The molecule has 0 fully saturated rings. The SMILES string of the molecule is CCCc1cccc(N(C(N)=O)c2ccccc2Br)c1O. The van der Waals surface area contributed by atoms with E-state index in [2.05, 4.69) is 15.9 Å². The Morgan fingerprint density at radius 3 is 2.48 bits per heavy atom. The van der Waals surface area contributed by atoms with Crippen molar-refractivity contribution in [3.63, 3.8) is 0 Å². The molecule has 2 aromatic carbocycles. The first-order chi connectivity index (χ1) is 10.1. The molecule has 0 aliphatic heterocycles. The van der Waals surface area contributed by atoms with Gasteiger partial charge in [0.2, 0.25) is 0 Å². The third-order valence-electron chi connectivity index (χ3n) is 3.17. The molecule has 21 heavy (non-hydrogen) atoms. The number of amides is 2. The van der Waals surface area contributed by atoms with Gasteiger partial charge >= 0.3 is 6.03 Å². The summed E-state index contributed by atoms with van der Waals surface area (Å²) in [6.07, 6.45) is 1.64. The van der Waals surface area contributed by atoms with Crippen molar-refractivity contribution in [2.45, 2.75) is 19.8 Å². The largest absolute Gasteiger partial charge is 0.505 e. The van der Waals surface area contributed by atoms with E-state index in [1.165, 1.54) is 4.90 Å². The summed E-state index contributed by atoms with van der Waals surface area (Å²) in [5.74, 6) is 0.0916. The van der Waals surface area contributed by atoms with E-state index in [9.17, 15) is 9.90 Å². The van der Waals surface area contributed by atoms with Crippen molar-refractivity contribution < 1.29 is 9.90 Å². The third-order valence-corrected chi connectivity index (χ3v) is 3.84. The van der Waals surface area contributed by atoms with Crippen molar-refractivity contribution in [3.8, 4) is 5.75 Å². The number of nitrogens with zero attached hydrogens (tertiary/aromatic N) is 1. The molecule has 2 amide bonds. The molecule has 5 heteroatoms. The number of phenols is 1. The van der Waals surface area contributed by atoms with Crippen molar-refractivity contribution in [2.24, 2.45) is 5.73 Å². The zero-order valence-corrected chi connectivity index (χ0v) is 13.3. The number of benzene rings is 2. The van der Waals surface area contributed by atoms with Crippen LogP contribution in [0.4, 0.5) is 16.2 Å². The van der Waals surface area contributed by atoms with Crippen LogP contribution in [0.5, 0.6) is 5.75 Å². The standard InChI is InChI=1S/C16H17BrN2O2/c1-2-6-11-7-5-10-14(15(11)20)19(16(18)21)13-9-4-3-8-12(13)17/h3-5,7-10,20H,2,6H2,1H3,(H2,18,21). The molecule has 3 N–H and O–H groups in total. The van der Waals surface area contributed by atoms with E-state index in [-0.39, 0.29) is 5.75 Å². The molecule has 0 saturated heterocycles. The summed E-state index contributed by atoms with van der Waals surface area (Å²) in [4.78, 5) is 13.2. The molecule has 4 nitrogen and oxygen atoms in total. The van der Waals surface area contributed by atoms with Gasteiger partial charge in [0.15, 0.2) is 0 Å². The van der Waals surface area contributed by atoms with Crippen LogP contribution in [-0.2, 0) is 6.42 Å². The van der Waals surface area contributed by atoms with Crippen molar-refractivity contribution >= 4 is 33.3 Å². The summed E-state index contributed by atoms with van der Waals surface area (Å²) in [6.45, 7) is 2.03. The number of anilines is 2. The Kier molecular flexibility index (Phi) is 4.85. The number of urea groups is 1. The fourth-order valence-corrected chi connectivity index (χ4v) is 2.69. The number of carbonyl (C=O) groups is 1. The number of hydrogen-bond donors (Lipinski definition) is 2. The summed E-state index contributed by atoms with van der Waals surface area (Å²) in [6, 6.07) is 11.9. The molecular formula is C16H17BrN2O2. The van der Waals surface area contributed by atoms with Gasteiger partial charge in [-0.1, -0.05) is 37.6 Å². The maximum atomic E-state index is 11.9. The maximum absolute atomic E-state index is 11.9. The minimum Gasteiger partial charge on any atom is -0.505 e. The Morgan fingerprint density at radius 1 is 1.19 bits per heavy atom. The van der Waals surface area contributed by atoms with Gasteiger partial charge in [-0.15, -0.1) is 0 Å².